The fourth-order valence-corrected chi connectivity index (χ4v) is 3.76. The lowest BCUT2D eigenvalue weighted by Crippen LogP contribution is -2.41. The van der Waals surface area contributed by atoms with Crippen molar-refractivity contribution in [1.29, 1.82) is 0 Å². The lowest BCUT2D eigenvalue weighted by atomic mass is 10.1. The smallest absolute Gasteiger partial charge is 0.241 e. The molecule has 0 saturated carbocycles. The molecule has 1 amide bonds. The van der Waals surface area contributed by atoms with Crippen LogP contribution in [-0.2, 0) is 4.79 Å². The van der Waals surface area contributed by atoms with Crippen molar-refractivity contribution < 1.29 is 13.6 Å². The van der Waals surface area contributed by atoms with Gasteiger partial charge in [-0.25, -0.2) is 8.78 Å². The number of benzene rings is 1. The maximum atomic E-state index is 13.7. The van der Waals surface area contributed by atoms with Crippen LogP contribution in [0.1, 0.15) is 31.4 Å². The third-order valence-corrected chi connectivity index (χ3v) is 4.99. The van der Waals surface area contributed by atoms with Gasteiger partial charge in [-0.1, -0.05) is 0 Å². The molecular formula is C17H18F2N2OS. The van der Waals surface area contributed by atoms with Crippen molar-refractivity contribution >= 4 is 22.9 Å². The summed E-state index contributed by atoms with van der Waals surface area (Å²) in [6.07, 6.45) is 2.02. The number of thiophene rings is 1. The Morgan fingerprint density at radius 2 is 2.22 bits per heavy atom. The number of carbonyl (C=O) groups is 1. The van der Waals surface area contributed by atoms with Gasteiger partial charge in [-0.3, -0.25) is 9.69 Å². The Balaban J connectivity index is 1.73. The van der Waals surface area contributed by atoms with Gasteiger partial charge in [-0.05, 0) is 60.8 Å². The molecule has 3 rings (SSSR count). The lowest BCUT2D eigenvalue weighted by molar-refractivity contribution is -0.121. The summed E-state index contributed by atoms with van der Waals surface area (Å²) in [5.74, 6) is -1.54. The first-order valence-corrected chi connectivity index (χ1v) is 8.54. The Hall–Kier alpha value is -1.79. The average molecular weight is 336 g/mol. The van der Waals surface area contributed by atoms with Gasteiger partial charge in [-0.2, -0.15) is 11.3 Å². The summed E-state index contributed by atoms with van der Waals surface area (Å²) in [5, 5.41) is 6.62. The van der Waals surface area contributed by atoms with E-state index < -0.39 is 17.7 Å². The van der Waals surface area contributed by atoms with Gasteiger partial charge in [0.25, 0.3) is 0 Å². The molecule has 0 radical (unpaired) electrons. The van der Waals surface area contributed by atoms with Crippen LogP contribution in [-0.4, -0.2) is 23.4 Å². The predicted molar refractivity (Wildman–Crippen MR) is 87.4 cm³/mol. The van der Waals surface area contributed by atoms with E-state index in [2.05, 4.69) is 21.7 Å². The quantitative estimate of drug-likeness (QED) is 0.908. The van der Waals surface area contributed by atoms with Gasteiger partial charge in [0.2, 0.25) is 5.91 Å². The molecule has 122 valence electrons. The zero-order chi connectivity index (χ0) is 16.4. The fourth-order valence-electron chi connectivity index (χ4n) is 3.06. The summed E-state index contributed by atoms with van der Waals surface area (Å²) in [5.41, 5.74) is 1.09. The first-order valence-electron chi connectivity index (χ1n) is 7.60. The molecule has 0 bridgehead atoms. The number of nitrogens with one attached hydrogen (secondary N) is 1. The third kappa shape index (κ3) is 3.43. The monoisotopic (exact) mass is 336 g/mol. The van der Waals surface area contributed by atoms with E-state index in [0.29, 0.717) is 0 Å². The second kappa shape index (κ2) is 6.76. The molecule has 1 aromatic carbocycles. The minimum absolute atomic E-state index is 0.117. The number of carbonyl (C=O) groups excluding carboxylic acids is 1. The molecule has 6 heteroatoms. The van der Waals surface area contributed by atoms with Crippen molar-refractivity contribution in [2.75, 3.05) is 11.9 Å². The summed E-state index contributed by atoms with van der Waals surface area (Å²) < 4.78 is 26.9. The number of anilines is 1. The highest BCUT2D eigenvalue weighted by atomic mass is 32.1. The van der Waals surface area contributed by atoms with E-state index in [9.17, 15) is 13.6 Å². The highest BCUT2D eigenvalue weighted by Crippen LogP contribution is 2.34. The van der Waals surface area contributed by atoms with Crippen LogP contribution in [0.4, 0.5) is 14.5 Å². The van der Waals surface area contributed by atoms with Crippen LogP contribution < -0.4 is 5.32 Å². The lowest BCUT2D eigenvalue weighted by Gasteiger charge is -2.29. The topological polar surface area (TPSA) is 32.3 Å². The van der Waals surface area contributed by atoms with Crippen LogP contribution in [0.5, 0.6) is 0 Å². The summed E-state index contributed by atoms with van der Waals surface area (Å²) in [6.45, 7) is 2.62. The predicted octanol–water partition coefficient (Wildman–Crippen LogP) is 4.19. The van der Waals surface area contributed by atoms with Crippen LogP contribution in [0, 0.1) is 11.6 Å². The van der Waals surface area contributed by atoms with Crippen molar-refractivity contribution in [3.8, 4) is 0 Å². The number of rotatable bonds is 4. The highest BCUT2D eigenvalue weighted by molar-refractivity contribution is 7.07. The summed E-state index contributed by atoms with van der Waals surface area (Å²) in [7, 11) is 0. The van der Waals surface area contributed by atoms with Gasteiger partial charge in [-0.15, -0.1) is 0 Å². The van der Waals surface area contributed by atoms with Gasteiger partial charge in [0.1, 0.15) is 11.6 Å². The number of likely N-dealkylation sites (tertiary alicyclic amines) is 1. The zero-order valence-electron chi connectivity index (χ0n) is 12.8. The molecule has 2 heterocycles. The second-order valence-corrected chi connectivity index (χ2v) is 6.52. The number of halogens is 2. The number of amides is 1. The molecular weight excluding hydrogens is 318 g/mol. The van der Waals surface area contributed by atoms with Crippen molar-refractivity contribution in [3.05, 3.63) is 52.2 Å². The van der Waals surface area contributed by atoms with Crippen LogP contribution >= 0.6 is 11.3 Å². The van der Waals surface area contributed by atoms with E-state index in [4.69, 9.17) is 0 Å². The molecule has 2 atom stereocenters. The first-order chi connectivity index (χ1) is 11.1. The van der Waals surface area contributed by atoms with Crippen molar-refractivity contribution in [2.45, 2.75) is 31.8 Å². The molecule has 1 aliphatic heterocycles. The molecule has 1 aromatic heterocycles. The van der Waals surface area contributed by atoms with Gasteiger partial charge in [0, 0.05) is 12.1 Å². The molecule has 0 unspecified atom stereocenters. The standard InChI is InChI=1S/C17H18F2N2OS/c1-11(17(22)20-15-9-13(18)4-5-14(15)19)21-7-2-3-16(21)12-6-8-23-10-12/h4-6,8-11,16H,2-3,7H2,1H3,(H,20,22)/t11-,16-/m0/s1. The molecule has 2 aromatic rings. The molecule has 1 aliphatic rings. The van der Waals surface area contributed by atoms with Crippen LogP contribution in [0.25, 0.3) is 0 Å². The Morgan fingerprint density at radius 1 is 1.39 bits per heavy atom. The molecule has 1 fully saturated rings. The fraction of sp³-hybridized carbons (Fsp3) is 0.353. The SMILES string of the molecule is C[C@@H](C(=O)Nc1cc(F)ccc1F)N1CCC[C@H]1c1ccsc1. The number of hydrogen-bond acceptors (Lipinski definition) is 3. The minimum atomic E-state index is -0.636. The van der Waals surface area contributed by atoms with Crippen molar-refractivity contribution in [1.82, 2.24) is 4.90 Å². The van der Waals surface area contributed by atoms with Gasteiger partial charge in [0.15, 0.2) is 0 Å². The average Bonchev–Trinajstić information content (AvgIpc) is 3.20. The molecule has 1 N–H and O–H groups in total. The van der Waals surface area contributed by atoms with Crippen molar-refractivity contribution in [3.63, 3.8) is 0 Å². The van der Waals surface area contributed by atoms with E-state index in [1.807, 2.05) is 5.38 Å². The molecule has 0 spiro atoms. The van der Waals surface area contributed by atoms with E-state index in [1.54, 1.807) is 18.3 Å². The third-order valence-electron chi connectivity index (χ3n) is 4.29. The Bertz CT molecular complexity index is 690. The van der Waals surface area contributed by atoms with Gasteiger partial charge in [0.05, 0.1) is 11.7 Å². The summed E-state index contributed by atoms with van der Waals surface area (Å²) >= 11 is 1.64. The maximum absolute atomic E-state index is 13.7. The normalized spacial score (nSPS) is 19.7. The van der Waals surface area contributed by atoms with Crippen LogP contribution in [0.3, 0.4) is 0 Å². The molecule has 3 nitrogen and oxygen atoms in total. The van der Waals surface area contributed by atoms with Crippen molar-refractivity contribution in [2.24, 2.45) is 0 Å². The summed E-state index contributed by atoms with van der Waals surface area (Å²) in [6, 6.07) is 4.91. The van der Waals surface area contributed by atoms with E-state index >= 15 is 0 Å². The number of hydrogen-bond donors (Lipinski definition) is 1. The highest BCUT2D eigenvalue weighted by Gasteiger charge is 2.33. The van der Waals surface area contributed by atoms with Crippen LogP contribution in [0.2, 0.25) is 0 Å². The second-order valence-electron chi connectivity index (χ2n) is 5.74. The molecule has 1 saturated heterocycles. The van der Waals surface area contributed by atoms with E-state index in [-0.39, 0.29) is 17.6 Å². The van der Waals surface area contributed by atoms with Gasteiger partial charge >= 0.3 is 0 Å². The molecule has 23 heavy (non-hydrogen) atoms. The zero-order valence-corrected chi connectivity index (χ0v) is 13.6. The maximum Gasteiger partial charge on any atom is 0.241 e. The van der Waals surface area contributed by atoms with E-state index in [0.717, 1.165) is 37.6 Å². The minimum Gasteiger partial charge on any atom is -0.322 e. The first kappa shape index (κ1) is 16.1. The summed E-state index contributed by atoms with van der Waals surface area (Å²) in [4.78, 5) is 14.6. The largest absolute Gasteiger partial charge is 0.322 e. The van der Waals surface area contributed by atoms with Gasteiger partial charge < -0.3 is 5.32 Å². The Labute approximate surface area is 137 Å². The van der Waals surface area contributed by atoms with Crippen LogP contribution in [0.15, 0.2) is 35.0 Å². The molecule has 0 aliphatic carbocycles. The number of nitrogens with zero attached hydrogens (tertiary/aromatic N) is 1. The Kier molecular flexibility index (Phi) is 4.73. The Morgan fingerprint density at radius 3 is 2.96 bits per heavy atom. The van der Waals surface area contributed by atoms with E-state index in [1.165, 1.54) is 5.56 Å².